The molecule has 0 aliphatic carbocycles. The van der Waals surface area contributed by atoms with Crippen LogP contribution in [0.25, 0.3) is 0 Å². The van der Waals surface area contributed by atoms with Crippen molar-refractivity contribution in [2.24, 2.45) is 0 Å². The van der Waals surface area contributed by atoms with Crippen molar-refractivity contribution in [1.29, 1.82) is 0 Å². The summed E-state index contributed by atoms with van der Waals surface area (Å²) in [5, 5.41) is 9.64. The summed E-state index contributed by atoms with van der Waals surface area (Å²) in [6.07, 6.45) is 6.49. The molecule has 1 aromatic rings. The van der Waals surface area contributed by atoms with E-state index in [4.69, 9.17) is 0 Å². The number of hydrogen-bond acceptors (Lipinski definition) is 4. The lowest BCUT2D eigenvalue weighted by Crippen LogP contribution is -2.58. The first-order chi connectivity index (χ1) is 12.6. The second kappa shape index (κ2) is 8.52. The van der Waals surface area contributed by atoms with Crippen molar-refractivity contribution in [3.63, 3.8) is 0 Å². The van der Waals surface area contributed by atoms with E-state index in [2.05, 4.69) is 58.9 Å². The van der Waals surface area contributed by atoms with Crippen molar-refractivity contribution in [3.8, 4) is 0 Å². The van der Waals surface area contributed by atoms with E-state index < -0.39 is 5.97 Å². The number of rotatable bonds is 6. The average molecular weight is 355 g/mol. The second-order valence-electron chi connectivity index (χ2n) is 7.30. The lowest BCUT2D eigenvalue weighted by molar-refractivity contribution is -0.134. The molecule has 1 unspecified atom stereocenters. The predicted molar refractivity (Wildman–Crippen MR) is 104 cm³/mol. The van der Waals surface area contributed by atoms with Crippen LogP contribution in [0, 0.1) is 0 Å². The van der Waals surface area contributed by atoms with Gasteiger partial charge in [0.15, 0.2) is 0 Å². The highest BCUT2D eigenvalue weighted by atomic mass is 16.4. The minimum Gasteiger partial charge on any atom is -0.478 e. The number of piperazine rings is 1. The maximum Gasteiger partial charge on any atom is 0.335 e. The van der Waals surface area contributed by atoms with Gasteiger partial charge in [0.25, 0.3) is 0 Å². The summed E-state index contributed by atoms with van der Waals surface area (Å²) in [5.41, 5.74) is 1.84. The van der Waals surface area contributed by atoms with Crippen LogP contribution in [0.4, 0.5) is 0 Å². The van der Waals surface area contributed by atoms with E-state index >= 15 is 0 Å². The van der Waals surface area contributed by atoms with Gasteiger partial charge < -0.3 is 14.9 Å². The van der Waals surface area contributed by atoms with Crippen molar-refractivity contribution < 1.29 is 9.90 Å². The first-order valence-corrected chi connectivity index (χ1v) is 9.45. The van der Waals surface area contributed by atoms with Crippen molar-refractivity contribution in [3.05, 3.63) is 59.8 Å². The van der Waals surface area contributed by atoms with Gasteiger partial charge in [-0.15, -0.1) is 0 Å². The second-order valence-corrected chi connectivity index (χ2v) is 7.30. The lowest BCUT2D eigenvalue weighted by Gasteiger charge is -2.46. The van der Waals surface area contributed by atoms with Crippen LogP contribution >= 0.6 is 0 Å². The summed E-state index contributed by atoms with van der Waals surface area (Å²) in [6.45, 7) is 9.01. The Labute approximate surface area is 156 Å². The highest BCUT2D eigenvalue weighted by Crippen LogP contribution is 2.24. The number of allylic oxidation sites excluding steroid dienone is 2. The van der Waals surface area contributed by atoms with Crippen LogP contribution < -0.4 is 0 Å². The van der Waals surface area contributed by atoms with Crippen LogP contribution in [0.15, 0.2) is 54.3 Å². The molecule has 1 atom stereocenters. The molecular weight excluding hydrogens is 326 g/mol. The van der Waals surface area contributed by atoms with Gasteiger partial charge in [-0.05, 0) is 38.0 Å². The van der Waals surface area contributed by atoms with E-state index in [1.54, 1.807) is 6.08 Å². The Hall–Kier alpha value is -2.11. The van der Waals surface area contributed by atoms with Crippen LogP contribution in [0.5, 0.6) is 0 Å². The van der Waals surface area contributed by atoms with Crippen molar-refractivity contribution >= 4 is 5.97 Å². The van der Waals surface area contributed by atoms with Gasteiger partial charge in [0.05, 0.1) is 5.57 Å². The van der Waals surface area contributed by atoms with Gasteiger partial charge in [-0.2, -0.15) is 0 Å². The number of benzene rings is 1. The summed E-state index contributed by atoms with van der Waals surface area (Å²) < 4.78 is 0. The zero-order valence-corrected chi connectivity index (χ0v) is 15.7. The Kier molecular flexibility index (Phi) is 6.12. The quantitative estimate of drug-likeness (QED) is 0.849. The molecular formula is C21H29N3O2. The van der Waals surface area contributed by atoms with Crippen molar-refractivity contribution in [2.45, 2.75) is 32.5 Å². The molecule has 2 heterocycles. The predicted octanol–water partition coefficient (Wildman–Crippen LogP) is 2.42. The Balaban J connectivity index is 1.59. The van der Waals surface area contributed by atoms with Gasteiger partial charge in [-0.1, -0.05) is 30.3 Å². The van der Waals surface area contributed by atoms with Gasteiger partial charge in [-0.25, -0.2) is 4.79 Å². The molecule has 2 aliphatic rings. The lowest BCUT2D eigenvalue weighted by atomic mass is 10.0. The Morgan fingerprint density at radius 3 is 2.46 bits per heavy atom. The summed E-state index contributed by atoms with van der Waals surface area (Å²) in [5.74, 6) is -0.823. The first-order valence-electron chi connectivity index (χ1n) is 9.45. The monoisotopic (exact) mass is 355 g/mol. The summed E-state index contributed by atoms with van der Waals surface area (Å²) in [7, 11) is 0. The molecule has 0 radical (unpaired) electrons. The molecule has 1 N–H and O–H groups in total. The van der Waals surface area contributed by atoms with E-state index in [1.807, 2.05) is 12.3 Å². The third-order valence-electron chi connectivity index (χ3n) is 5.25. The van der Waals surface area contributed by atoms with Crippen molar-refractivity contribution in [1.82, 2.24) is 14.7 Å². The Bertz CT molecular complexity index is 661. The highest BCUT2D eigenvalue weighted by molar-refractivity contribution is 5.88. The Morgan fingerprint density at radius 2 is 1.85 bits per heavy atom. The molecule has 1 saturated heterocycles. The van der Waals surface area contributed by atoms with E-state index in [9.17, 15) is 9.90 Å². The average Bonchev–Trinajstić information content (AvgIpc) is 2.67. The molecule has 1 fully saturated rings. The molecule has 3 rings (SSSR count). The SMILES string of the molecule is CC(C)N1C=CC=C(C(=O)O)C1N1CCN(CCc2ccccc2)CC1. The van der Waals surface area contributed by atoms with E-state index in [1.165, 1.54) is 5.56 Å². The molecule has 1 aromatic carbocycles. The van der Waals surface area contributed by atoms with Crippen LogP contribution in [-0.2, 0) is 11.2 Å². The molecule has 5 heteroatoms. The highest BCUT2D eigenvalue weighted by Gasteiger charge is 2.35. The first kappa shape index (κ1) is 18.7. The standard InChI is InChI=1S/C21H29N3O2/c1-17(2)24-11-6-9-19(21(25)26)20(24)23-15-13-22(14-16-23)12-10-18-7-4-3-5-8-18/h3-9,11,17,20H,10,12-16H2,1-2H3,(H,25,26). The van der Waals surface area contributed by atoms with Crippen LogP contribution in [0.1, 0.15) is 19.4 Å². The van der Waals surface area contributed by atoms with Crippen LogP contribution in [0.2, 0.25) is 0 Å². The topological polar surface area (TPSA) is 47.0 Å². The fourth-order valence-electron chi connectivity index (χ4n) is 3.76. The normalized spacial score (nSPS) is 21.9. The molecule has 2 aliphatic heterocycles. The zero-order chi connectivity index (χ0) is 18.5. The van der Waals surface area contributed by atoms with Crippen LogP contribution in [0.3, 0.4) is 0 Å². The number of nitrogens with zero attached hydrogens (tertiary/aromatic N) is 3. The minimum atomic E-state index is -0.823. The van der Waals surface area contributed by atoms with E-state index in [-0.39, 0.29) is 12.2 Å². The fraction of sp³-hybridized carbons (Fsp3) is 0.476. The summed E-state index contributed by atoms with van der Waals surface area (Å²) in [6, 6.07) is 10.8. The third kappa shape index (κ3) is 4.34. The minimum absolute atomic E-state index is 0.172. The summed E-state index contributed by atoms with van der Waals surface area (Å²) in [4.78, 5) is 18.7. The molecule has 0 saturated carbocycles. The van der Waals surface area contributed by atoms with Crippen molar-refractivity contribution in [2.75, 3.05) is 32.7 Å². The van der Waals surface area contributed by atoms with Gasteiger partial charge in [-0.3, -0.25) is 4.90 Å². The van der Waals surface area contributed by atoms with Gasteiger partial charge in [0.1, 0.15) is 6.17 Å². The molecule has 26 heavy (non-hydrogen) atoms. The maximum atomic E-state index is 11.7. The molecule has 0 aromatic heterocycles. The molecule has 0 amide bonds. The molecule has 0 bridgehead atoms. The van der Waals surface area contributed by atoms with Crippen LogP contribution in [-0.4, -0.2) is 70.7 Å². The van der Waals surface area contributed by atoms with E-state index in [0.29, 0.717) is 5.57 Å². The number of carboxylic acids is 1. The number of carbonyl (C=O) groups is 1. The fourth-order valence-corrected chi connectivity index (χ4v) is 3.76. The maximum absolute atomic E-state index is 11.7. The molecule has 140 valence electrons. The number of carboxylic acid groups (broad SMARTS) is 1. The third-order valence-corrected chi connectivity index (χ3v) is 5.25. The smallest absolute Gasteiger partial charge is 0.335 e. The van der Waals surface area contributed by atoms with E-state index in [0.717, 1.165) is 39.1 Å². The zero-order valence-electron chi connectivity index (χ0n) is 15.7. The summed E-state index contributed by atoms with van der Waals surface area (Å²) >= 11 is 0. The number of aliphatic carboxylic acids is 1. The molecule has 0 spiro atoms. The largest absolute Gasteiger partial charge is 0.478 e. The molecule has 5 nitrogen and oxygen atoms in total. The number of hydrogen-bond donors (Lipinski definition) is 1. The Morgan fingerprint density at radius 1 is 1.15 bits per heavy atom. The van der Waals surface area contributed by atoms with Gasteiger partial charge >= 0.3 is 5.97 Å². The van der Waals surface area contributed by atoms with Gasteiger partial charge in [0.2, 0.25) is 0 Å². The van der Waals surface area contributed by atoms with Gasteiger partial charge in [0, 0.05) is 45.0 Å².